The molecule has 0 aromatic heterocycles. The molecule has 0 atom stereocenters. The smallest absolute Gasteiger partial charge is 0.116 e. The molecule has 0 spiro atoms. The first kappa shape index (κ1) is 9.69. The lowest BCUT2D eigenvalue weighted by Gasteiger charge is -1.94. The van der Waals surface area contributed by atoms with Gasteiger partial charge in [-0.2, -0.15) is 0 Å². The number of aldehydes is 1. The molecular formula is C9H13NO. The second-order valence-corrected chi connectivity index (χ2v) is 1.85. The molecule has 1 N–H and O–H groups in total. The fourth-order valence-electron chi connectivity index (χ4n) is 0.605. The Morgan fingerprint density at radius 1 is 1.27 bits per heavy atom. The van der Waals surface area contributed by atoms with Crippen molar-refractivity contribution in [2.75, 3.05) is 12.4 Å². The number of para-hydroxylation sites is 1. The summed E-state index contributed by atoms with van der Waals surface area (Å²) in [5.74, 6) is 0. The van der Waals surface area contributed by atoms with Gasteiger partial charge in [0.05, 0.1) is 0 Å². The van der Waals surface area contributed by atoms with Gasteiger partial charge in [0.2, 0.25) is 0 Å². The maximum atomic E-state index is 8.81. The number of benzene rings is 1. The number of anilines is 1. The van der Waals surface area contributed by atoms with Gasteiger partial charge in [0.25, 0.3) is 0 Å². The van der Waals surface area contributed by atoms with Crippen LogP contribution >= 0.6 is 0 Å². The second kappa shape index (κ2) is 6.81. The predicted octanol–water partition coefficient (Wildman–Crippen LogP) is 1.93. The molecule has 0 amide bonds. The van der Waals surface area contributed by atoms with E-state index < -0.39 is 0 Å². The van der Waals surface area contributed by atoms with Gasteiger partial charge in [-0.15, -0.1) is 0 Å². The van der Waals surface area contributed by atoms with Crippen LogP contribution in [0.3, 0.4) is 0 Å². The molecule has 0 saturated heterocycles. The molecule has 0 saturated carbocycles. The first-order valence-electron chi connectivity index (χ1n) is 3.47. The van der Waals surface area contributed by atoms with Gasteiger partial charge in [-0.05, 0) is 19.1 Å². The van der Waals surface area contributed by atoms with E-state index in [2.05, 4.69) is 5.32 Å². The van der Waals surface area contributed by atoms with Crippen molar-refractivity contribution in [3.8, 4) is 0 Å². The van der Waals surface area contributed by atoms with Crippen molar-refractivity contribution in [2.24, 2.45) is 0 Å². The van der Waals surface area contributed by atoms with Gasteiger partial charge in [0, 0.05) is 12.7 Å². The maximum absolute atomic E-state index is 8.81. The molecule has 0 unspecified atom stereocenters. The van der Waals surface area contributed by atoms with Crippen LogP contribution < -0.4 is 5.32 Å². The number of nitrogens with one attached hydrogen (secondary N) is 1. The van der Waals surface area contributed by atoms with Crippen LogP contribution in [0.25, 0.3) is 0 Å². The normalized spacial score (nSPS) is 7.45. The third kappa shape index (κ3) is 5.15. The fourth-order valence-corrected chi connectivity index (χ4v) is 0.605. The molecule has 0 aliphatic rings. The van der Waals surface area contributed by atoms with E-state index in [0.717, 1.165) is 12.0 Å². The van der Waals surface area contributed by atoms with Crippen LogP contribution in [0.2, 0.25) is 0 Å². The van der Waals surface area contributed by atoms with Gasteiger partial charge >= 0.3 is 0 Å². The minimum absolute atomic E-state index is 0.750. The molecule has 0 heterocycles. The Labute approximate surface area is 67.2 Å². The topological polar surface area (TPSA) is 29.1 Å². The van der Waals surface area contributed by atoms with Gasteiger partial charge in [-0.25, -0.2) is 0 Å². The summed E-state index contributed by atoms with van der Waals surface area (Å²) in [4.78, 5) is 8.81. The van der Waals surface area contributed by atoms with E-state index in [-0.39, 0.29) is 0 Å². The lowest BCUT2D eigenvalue weighted by molar-refractivity contribution is -0.106. The summed E-state index contributed by atoms with van der Waals surface area (Å²) in [5.41, 5.74) is 1.16. The quantitative estimate of drug-likeness (QED) is 0.621. The van der Waals surface area contributed by atoms with E-state index in [1.54, 1.807) is 0 Å². The van der Waals surface area contributed by atoms with Gasteiger partial charge < -0.3 is 10.1 Å². The van der Waals surface area contributed by atoms with Crippen LogP contribution in [0.5, 0.6) is 0 Å². The first-order chi connectivity index (χ1) is 5.35. The van der Waals surface area contributed by atoms with Crippen LogP contribution in [0.15, 0.2) is 30.3 Å². The Morgan fingerprint density at radius 2 is 1.73 bits per heavy atom. The third-order valence-corrected chi connectivity index (χ3v) is 1.06. The number of hydrogen-bond donors (Lipinski definition) is 1. The van der Waals surface area contributed by atoms with Crippen molar-refractivity contribution in [2.45, 2.75) is 6.92 Å². The molecule has 11 heavy (non-hydrogen) atoms. The van der Waals surface area contributed by atoms with Gasteiger partial charge in [0.15, 0.2) is 0 Å². The zero-order valence-electron chi connectivity index (χ0n) is 6.87. The predicted molar refractivity (Wildman–Crippen MR) is 47.7 cm³/mol. The van der Waals surface area contributed by atoms with Crippen molar-refractivity contribution in [1.29, 1.82) is 0 Å². The molecule has 1 aromatic rings. The largest absolute Gasteiger partial charge is 0.388 e. The third-order valence-electron chi connectivity index (χ3n) is 1.06. The van der Waals surface area contributed by atoms with Crippen molar-refractivity contribution >= 4 is 12.0 Å². The van der Waals surface area contributed by atoms with Gasteiger partial charge in [-0.3, -0.25) is 0 Å². The Hall–Kier alpha value is -1.31. The Bertz CT molecular complexity index is 184. The molecule has 0 bridgehead atoms. The average molecular weight is 151 g/mol. The summed E-state index contributed by atoms with van der Waals surface area (Å²) >= 11 is 0. The number of rotatable bonds is 1. The fraction of sp³-hybridized carbons (Fsp3) is 0.222. The Kier molecular flexibility index (Phi) is 5.99. The number of hydrogen-bond acceptors (Lipinski definition) is 2. The van der Waals surface area contributed by atoms with Crippen LogP contribution in [0, 0.1) is 0 Å². The lowest BCUT2D eigenvalue weighted by atomic mass is 10.3. The summed E-state index contributed by atoms with van der Waals surface area (Å²) in [6.45, 7) is 1.44. The van der Waals surface area contributed by atoms with Crippen LogP contribution in [0.4, 0.5) is 5.69 Å². The molecule has 2 heteroatoms. The van der Waals surface area contributed by atoms with Crippen molar-refractivity contribution in [3.63, 3.8) is 0 Å². The average Bonchev–Trinajstić information content (AvgIpc) is 2.08. The number of carbonyl (C=O) groups excluding carboxylic acids is 1. The molecular weight excluding hydrogens is 138 g/mol. The highest BCUT2D eigenvalue weighted by Gasteiger charge is 1.77. The first-order valence-corrected chi connectivity index (χ1v) is 3.47. The van der Waals surface area contributed by atoms with E-state index in [9.17, 15) is 0 Å². The SMILES string of the molecule is CC=O.CNc1ccccc1. The molecule has 60 valence electrons. The van der Waals surface area contributed by atoms with Crippen LogP contribution in [-0.2, 0) is 4.79 Å². The molecule has 0 radical (unpaired) electrons. The standard InChI is InChI=1S/C7H9N.C2H4O/c1-8-7-5-3-2-4-6-7;1-2-3/h2-6,8H,1H3;2H,1H3. The molecule has 1 aromatic carbocycles. The zero-order valence-corrected chi connectivity index (χ0v) is 6.87. The van der Waals surface area contributed by atoms with E-state index in [4.69, 9.17) is 4.79 Å². The highest BCUT2D eigenvalue weighted by atomic mass is 16.1. The Morgan fingerprint density at radius 3 is 2.00 bits per heavy atom. The van der Waals surface area contributed by atoms with Gasteiger partial charge in [0.1, 0.15) is 6.29 Å². The van der Waals surface area contributed by atoms with Crippen LogP contribution in [-0.4, -0.2) is 13.3 Å². The van der Waals surface area contributed by atoms with Crippen molar-refractivity contribution < 1.29 is 4.79 Å². The van der Waals surface area contributed by atoms with Crippen molar-refractivity contribution in [1.82, 2.24) is 0 Å². The second-order valence-electron chi connectivity index (χ2n) is 1.85. The highest BCUT2D eigenvalue weighted by molar-refractivity contribution is 5.44. The lowest BCUT2D eigenvalue weighted by Crippen LogP contribution is -1.84. The summed E-state index contributed by atoms with van der Waals surface area (Å²) in [5, 5.41) is 3.03. The van der Waals surface area contributed by atoms with Crippen molar-refractivity contribution in [3.05, 3.63) is 30.3 Å². The van der Waals surface area contributed by atoms with E-state index in [1.807, 2.05) is 37.4 Å². The monoisotopic (exact) mass is 151 g/mol. The van der Waals surface area contributed by atoms with E-state index in [1.165, 1.54) is 6.92 Å². The van der Waals surface area contributed by atoms with E-state index >= 15 is 0 Å². The summed E-state index contributed by atoms with van der Waals surface area (Å²) in [7, 11) is 1.91. The molecule has 0 fully saturated rings. The van der Waals surface area contributed by atoms with Crippen LogP contribution in [0.1, 0.15) is 6.92 Å². The maximum Gasteiger partial charge on any atom is 0.116 e. The molecule has 0 aliphatic carbocycles. The molecule has 1 rings (SSSR count). The Balaban J connectivity index is 0.000000292. The minimum Gasteiger partial charge on any atom is -0.388 e. The van der Waals surface area contributed by atoms with E-state index in [0.29, 0.717) is 0 Å². The molecule has 2 nitrogen and oxygen atoms in total. The van der Waals surface area contributed by atoms with Gasteiger partial charge in [-0.1, -0.05) is 18.2 Å². The zero-order chi connectivity index (χ0) is 8.53. The minimum atomic E-state index is 0.750. The summed E-state index contributed by atoms with van der Waals surface area (Å²) < 4.78 is 0. The summed E-state index contributed by atoms with van der Waals surface area (Å²) in [6.07, 6.45) is 0.750. The number of carbonyl (C=O) groups is 1. The molecule has 0 aliphatic heterocycles. The highest BCUT2D eigenvalue weighted by Crippen LogP contribution is 2.01. The summed E-state index contributed by atoms with van der Waals surface area (Å²) in [6, 6.07) is 10.1.